The van der Waals surface area contributed by atoms with Crippen LogP contribution in [0.25, 0.3) is 0 Å². The molecule has 2 aromatic heterocycles. The fraction of sp³-hybridized carbons (Fsp3) is 0.556. The second-order valence-corrected chi connectivity index (χ2v) is 9.13. The Morgan fingerprint density at radius 3 is 2.21 bits per heavy atom. The third kappa shape index (κ3) is 8.70. The van der Waals surface area contributed by atoms with Crippen LogP contribution in [-0.2, 0) is 19.6 Å². The van der Waals surface area contributed by atoms with Crippen LogP contribution in [0.3, 0.4) is 0 Å². The first kappa shape index (κ1) is 26.1. The zero-order valence-corrected chi connectivity index (χ0v) is 21.3. The molecule has 0 aliphatic heterocycles. The van der Waals surface area contributed by atoms with E-state index < -0.39 is 0 Å². The summed E-state index contributed by atoms with van der Waals surface area (Å²) in [6, 6.07) is 9.14. The molecule has 0 saturated heterocycles. The van der Waals surface area contributed by atoms with Crippen LogP contribution in [0.1, 0.15) is 75.3 Å². The normalized spacial score (nSPS) is 12.6. The summed E-state index contributed by atoms with van der Waals surface area (Å²) < 4.78 is 0. The summed E-state index contributed by atoms with van der Waals surface area (Å²) in [6.45, 7) is 14.0. The molecule has 7 nitrogen and oxygen atoms in total. The van der Waals surface area contributed by atoms with Crippen LogP contribution in [0.4, 0.5) is 0 Å². The minimum Gasteiger partial charge on any atom is -0.348 e. The van der Waals surface area contributed by atoms with E-state index in [0.29, 0.717) is 0 Å². The molecule has 0 aliphatic rings. The maximum Gasteiger partial charge on any atom is 0.123 e. The Morgan fingerprint density at radius 2 is 1.56 bits per heavy atom. The third-order valence-electron chi connectivity index (χ3n) is 6.27. The van der Waals surface area contributed by atoms with Crippen LogP contribution in [-0.4, -0.2) is 55.9 Å². The second kappa shape index (κ2) is 14.7. The van der Waals surface area contributed by atoms with Gasteiger partial charge >= 0.3 is 0 Å². The molecular formula is C27H43N7. The smallest absolute Gasteiger partial charge is 0.123 e. The standard InChI is InChI=1S/C27H43N7/c1-4-17-33(18-5-2)19-7-6-12-28-20-24-8-10-25(11-9-24)21-34(22-26-29-13-14-30-26)23(3)27-31-15-16-32-27/h8-11,13-16,23,28H,4-7,12,17-22H2,1-3H3,(H,29,30)(H,31,32). The number of nitrogens with zero attached hydrogens (tertiary/aromatic N) is 4. The first-order chi connectivity index (χ1) is 16.7. The lowest BCUT2D eigenvalue weighted by Gasteiger charge is -2.27. The Morgan fingerprint density at radius 1 is 0.853 bits per heavy atom. The zero-order chi connectivity index (χ0) is 24.0. The molecule has 1 unspecified atom stereocenters. The van der Waals surface area contributed by atoms with E-state index in [-0.39, 0.29) is 6.04 Å². The van der Waals surface area contributed by atoms with Crippen molar-refractivity contribution >= 4 is 0 Å². The fourth-order valence-electron chi connectivity index (χ4n) is 4.37. The summed E-state index contributed by atoms with van der Waals surface area (Å²) in [5, 5.41) is 3.61. The molecule has 1 aromatic carbocycles. The van der Waals surface area contributed by atoms with Crippen molar-refractivity contribution < 1.29 is 0 Å². The summed E-state index contributed by atoms with van der Waals surface area (Å²) in [5.74, 6) is 1.94. The van der Waals surface area contributed by atoms with Crippen LogP contribution < -0.4 is 5.32 Å². The highest BCUT2D eigenvalue weighted by molar-refractivity contribution is 5.22. The minimum atomic E-state index is 0.159. The topological polar surface area (TPSA) is 75.9 Å². The Labute approximate surface area is 205 Å². The van der Waals surface area contributed by atoms with Gasteiger partial charge < -0.3 is 20.2 Å². The number of hydrogen-bond donors (Lipinski definition) is 3. The number of hydrogen-bond acceptors (Lipinski definition) is 5. The Kier molecular flexibility index (Phi) is 11.3. The molecule has 0 fully saturated rings. The summed E-state index contributed by atoms with van der Waals surface area (Å²) in [5.41, 5.74) is 2.62. The van der Waals surface area contributed by atoms with Gasteiger partial charge in [-0.05, 0) is 69.9 Å². The first-order valence-corrected chi connectivity index (χ1v) is 12.9. The molecule has 3 N–H and O–H groups in total. The van der Waals surface area contributed by atoms with Crippen LogP contribution in [0.2, 0.25) is 0 Å². The molecule has 0 radical (unpaired) electrons. The van der Waals surface area contributed by atoms with E-state index in [4.69, 9.17) is 0 Å². The quantitative estimate of drug-likeness (QED) is 0.248. The average molecular weight is 466 g/mol. The lowest BCUT2D eigenvalue weighted by atomic mass is 10.1. The maximum absolute atomic E-state index is 4.47. The van der Waals surface area contributed by atoms with Gasteiger partial charge in [-0.3, -0.25) is 4.90 Å². The number of rotatable bonds is 17. The van der Waals surface area contributed by atoms with E-state index >= 15 is 0 Å². The van der Waals surface area contributed by atoms with Crippen molar-refractivity contribution in [3.05, 3.63) is 71.8 Å². The summed E-state index contributed by atoms with van der Waals surface area (Å²) in [4.78, 5) is 20.3. The molecular weight excluding hydrogens is 422 g/mol. The van der Waals surface area contributed by atoms with Crippen molar-refractivity contribution in [1.82, 2.24) is 35.1 Å². The molecule has 7 heteroatoms. The van der Waals surface area contributed by atoms with Crippen molar-refractivity contribution in [3.63, 3.8) is 0 Å². The molecule has 3 rings (SSSR count). The monoisotopic (exact) mass is 465 g/mol. The Bertz CT molecular complexity index is 868. The highest BCUT2D eigenvalue weighted by Gasteiger charge is 2.19. The van der Waals surface area contributed by atoms with Crippen molar-refractivity contribution in [2.75, 3.05) is 26.2 Å². The molecule has 0 saturated carbocycles. The molecule has 0 amide bonds. The van der Waals surface area contributed by atoms with E-state index in [9.17, 15) is 0 Å². The lowest BCUT2D eigenvalue weighted by Crippen LogP contribution is -2.27. The van der Waals surface area contributed by atoms with Gasteiger partial charge in [0.25, 0.3) is 0 Å². The SMILES string of the molecule is CCCN(CCC)CCCCNCc1ccc(CN(Cc2ncc[nH]2)C(C)c2ncc[nH]2)cc1. The molecule has 0 aliphatic carbocycles. The number of H-pyrrole nitrogens is 2. The van der Waals surface area contributed by atoms with Crippen molar-refractivity contribution in [2.45, 2.75) is 72.1 Å². The predicted octanol–water partition coefficient (Wildman–Crippen LogP) is 4.89. The highest BCUT2D eigenvalue weighted by atomic mass is 15.2. The van der Waals surface area contributed by atoms with E-state index in [1.165, 1.54) is 56.4 Å². The van der Waals surface area contributed by atoms with Crippen molar-refractivity contribution in [1.29, 1.82) is 0 Å². The van der Waals surface area contributed by atoms with E-state index in [0.717, 1.165) is 37.8 Å². The Balaban J connectivity index is 1.44. The van der Waals surface area contributed by atoms with Crippen molar-refractivity contribution in [3.8, 4) is 0 Å². The largest absolute Gasteiger partial charge is 0.348 e. The maximum atomic E-state index is 4.47. The third-order valence-corrected chi connectivity index (χ3v) is 6.27. The van der Waals surface area contributed by atoms with Gasteiger partial charge in [-0.1, -0.05) is 38.1 Å². The van der Waals surface area contributed by atoms with Gasteiger partial charge in [-0.25, -0.2) is 9.97 Å². The van der Waals surface area contributed by atoms with Crippen LogP contribution in [0, 0.1) is 0 Å². The molecule has 0 spiro atoms. The number of aromatic nitrogens is 4. The number of nitrogens with one attached hydrogen (secondary N) is 3. The number of benzene rings is 1. The Hall–Kier alpha value is -2.48. The van der Waals surface area contributed by atoms with Gasteiger partial charge in [0.15, 0.2) is 0 Å². The van der Waals surface area contributed by atoms with Gasteiger partial charge in [0, 0.05) is 37.9 Å². The van der Waals surface area contributed by atoms with Crippen LogP contribution >= 0.6 is 0 Å². The second-order valence-electron chi connectivity index (χ2n) is 9.13. The van der Waals surface area contributed by atoms with Crippen LogP contribution in [0.5, 0.6) is 0 Å². The van der Waals surface area contributed by atoms with Gasteiger partial charge in [-0.15, -0.1) is 0 Å². The van der Waals surface area contributed by atoms with Crippen molar-refractivity contribution in [2.24, 2.45) is 0 Å². The van der Waals surface area contributed by atoms with E-state index in [1.54, 1.807) is 6.20 Å². The highest BCUT2D eigenvalue weighted by Crippen LogP contribution is 2.21. The van der Waals surface area contributed by atoms with E-state index in [1.807, 2.05) is 18.6 Å². The molecule has 34 heavy (non-hydrogen) atoms. The number of unbranched alkanes of at least 4 members (excludes halogenated alkanes) is 1. The summed E-state index contributed by atoms with van der Waals surface area (Å²) >= 11 is 0. The summed E-state index contributed by atoms with van der Waals surface area (Å²) in [7, 11) is 0. The van der Waals surface area contributed by atoms with Crippen LogP contribution in [0.15, 0.2) is 49.1 Å². The molecule has 3 aromatic rings. The lowest BCUT2D eigenvalue weighted by molar-refractivity contribution is 0.181. The average Bonchev–Trinajstić information content (AvgIpc) is 3.56. The van der Waals surface area contributed by atoms with Gasteiger partial charge in [0.2, 0.25) is 0 Å². The number of aromatic amines is 2. The molecule has 2 heterocycles. The fourth-order valence-corrected chi connectivity index (χ4v) is 4.37. The molecule has 1 atom stereocenters. The minimum absolute atomic E-state index is 0.159. The zero-order valence-electron chi connectivity index (χ0n) is 21.3. The first-order valence-electron chi connectivity index (χ1n) is 12.9. The predicted molar refractivity (Wildman–Crippen MR) is 139 cm³/mol. The summed E-state index contributed by atoms with van der Waals surface area (Å²) in [6.07, 6.45) is 12.4. The number of imidazole rings is 2. The molecule has 0 bridgehead atoms. The van der Waals surface area contributed by atoms with Gasteiger partial charge in [-0.2, -0.15) is 0 Å². The van der Waals surface area contributed by atoms with E-state index in [2.05, 4.69) is 80.1 Å². The molecule has 186 valence electrons. The van der Waals surface area contributed by atoms with Gasteiger partial charge in [0.1, 0.15) is 11.6 Å². The van der Waals surface area contributed by atoms with Gasteiger partial charge in [0.05, 0.1) is 12.6 Å².